The summed E-state index contributed by atoms with van der Waals surface area (Å²) in [7, 11) is 0. The van der Waals surface area contributed by atoms with Crippen molar-refractivity contribution in [3.63, 3.8) is 0 Å². The largest absolute Gasteiger partial charge is 0.461 e. The number of rotatable bonds is 1. The predicted molar refractivity (Wildman–Crippen MR) is 79.4 cm³/mol. The second kappa shape index (κ2) is 6.29. The number of allylic oxidation sites excluding steroid dienone is 2. The first-order valence-electron chi connectivity index (χ1n) is 7.28. The van der Waals surface area contributed by atoms with Gasteiger partial charge in [0.2, 0.25) is 0 Å². The first-order chi connectivity index (χ1) is 9.88. The van der Waals surface area contributed by atoms with Crippen LogP contribution < -0.4 is 0 Å². The lowest BCUT2D eigenvalue weighted by atomic mass is 9.85. The molecule has 0 aromatic heterocycles. The molecule has 21 heavy (non-hydrogen) atoms. The van der Waals surface area contributed by atoms with Crippen LogP contribution in [0.3, 0.4) is 0 Å². The molecule has 1 aliphatic heterocycles. The number of fused-ring (bicyclic) bond motifs is 1. The lowest BCUT2D eigenvalue weighted by Gasteiger charge is -2.26. The van der Waals surface area contributed by atoms with Crippen molar-refractivity contribution < 1.29 is 19.1 Å². The molecule has 0 spiro atoms. The van der Waals surface area contributed by atoms with Crippen LogP contribution in [0.2, 0.25) is 0 Å². The van der Waals surface area contributed by atoms with Crippen LogP contribution in [0.25, 0.3) is 0 Å². The van der Waals surface area contributed by atoms with Gasteiger partial charge >= 0.3 is 11.9 Å². The van der Waals surface area contributed by atoms with Crippen molar-refractivity contribution in [2.75, 3.05) is 0 Å². The van der Waals surface area contributed by atoms with Gasteiger partial charge in [-0.2, -0.15) is 0 Å². The van der Waals surface area contributed by atoms with Gasteiger partial charge in [-0.1, -0.05) is 23.8 Å². The molecule has 4 nitrogen and oxygen atoms in total. The highest BCUT2D eigenvalue weighted by molar-refractivity contribution is 5.91. The van der Waals surface area contributed by atoms with Crippen molar-refractivity contribution in [2.45, 2.75) is 52.2 Å². The fourth-order valence-electron chi connectivity index (χ4n) is 2.95. The van der Waals surface area contributed by atoms with Crippen LogP contribution in [0.1, 0.15) is 40.0 Å². The van der Waals surface area contributed by atoms with E-state index in [2.05, 4.69) is 12.7 Å². The van der Waals surface area contributed by atoms with Gasteiger partial charge in [0, 0.05) is 18.9 Å². The van der Waals surface area contributed by atoms with Crippen molar-refractivity contribution in [1.29, 1.82) is 0 Å². The minimum absolute atomic E-state index is 0.308. The number of hydrogen-bond acceptors (Lipinski definition) is 4. The number of carbonyl (C=O) groups is 2. The molecule has 0 aromatic rings. The van der Waals surface area contributed by atoms with Gasteiger partial charge < -0.3 is 9.47 Å². The molecule has 0 N–H and O–H groups in total. The van der Waals surface area contributed by atoms with E-state index in [1.54, 1.807) is 0 Å². The Kier molecular flexibility index (Phi) is 4.66. The summed E-state index contributed by atoms with van der Waals surface area (Å²) in [5, 5.41) is 0. The maximum Gasteiger partial charge on any atom is 0.334 e. The molecule has 1 aliphatic carbocycles. The molecule has 114 valence electrons. The molecular formula is C17H22O4. The second-order valence-electron chi connectivity index (χ2n) is 5.88. The zero-order valence-corrected chi connectivity index (χ0v) is 12.8. The highest BCUT2D eigenvalue weighted by atomic mass is 16.6. The number of ether oxygens (including phenoxy) is 2. The standard InChI is InChI=1S/C17H22O4/c1-10-6-5-7-11(2)9-15-16(12(3)17(19)21-15)14(8-10)20-13(4)18/h6,9,14-16H,3,5,7-8H2,1-2,4H3/b10-6+,11-9+/t14-,15-,16+/m0/s1. The molecule has 2 aliphatic rings. The summed E-state index contributed by atoms with van der Waals surface area (Å²) in [5.41, 5.74) is 2.71. The molecule has 0 saturated carbocycles. The predicted octanol–water partition coefficient (Wildman–Crippen LogP) is 3.09. The van der Waals surface area contributed by atoms with Crippen molar-refractivity contribution >= 4 is 11.9 Å². The first kappa shape index (κ1) is 15.5. The third kappa shape index (κ3) is 3.63. The molecule has 4 heteroatoms. The number of esters is 2. The zero-order chi connectivity index (χ0) is 15.6. The molecule has 3 atom stereocenters. The molecule has 0 unspecified atom stereocenters. The third-order valence-electron chi connectivity index (χ3n) is 3.98. The van der Waals surface area contributed by atoms with Gasteiger partial charge in [0.1, 0.15) is 12.2 Å². The zero-order valence-electron chi connectivity index (χ0n) is 12.8. The Bertz CT molecular complexity index is 527. The summed E-state index contributed by atoms with van der Waals surface area (Å²) in [4.78, 5) is 23.2. The van der Waals surface area contributed by atoms with Crippen molar-refractivity contribution in [3.8, 4) is 0 Å². The molecule has 2 rings (SSSR count). The minimum atomic E-state index is -0.412. The second-order valence-corrected chi connectivity index (χ2v) is 5.88. The Hall–Kier alpha value is -1.84. The van der Waals surface area contributed by atoms with Gasteiger partial charge in [-0.15, -0.1) is 0 Å². The topological polar surface area (TPSA) is 52.6 Å². The SMILES string of the molecule is C=C1C(=O)O[C@H]2/C=C(\C)CC/C=C(\C)C[C@H](OC(C)=O)[C@@H]12. The minimum Gasteiger partial charge on any atom is -0.461 e. The van der Waals surface area contributed by atoms with Gasteiger partial charge in [0.05, 0.1) is 5.92 Å². The average Bonchev–Trinajstić information content (AvgIpc) is 2.62. The van der Waals surface area contributed by atoms with E-state index in [1.807, 2.05) is 19.9 Å². The summed E-state index contributed by atoms with van der Waals surface area (Å²) >= 11 is 0. The molecule has 0 radical (unpaired) electrons. The highest BCUT2D eigenvalue weighted by Gasteiger charge is 2.44. The van der Waals surface area contributed by atoms with E-state index in [1.165, 1.54) is 12.5 Å². The summed E-state index contributed by atoms with van der Waals surface area (Å²) < 4.78 is 10.9. The summed E-state index contributed by atoms with van der Waals surface area (Å²) in [6.45, 7) is 9.27. The quantitative estimate of drug-likeness (QED) is 0.423. The Morgan fingerprint density at radius 1 is 1.38 bits per heavy atom. The maximum absolute atomic E-state index is 11.9. The van der Waals surface area contributed by atoms with E-state index in [9.17, 15) is 9.59 Å². The lowest BCUT2D eigenvalue weighted by Crippen LogP contribution is -2.32. The summed E-state index contributed by atoms with van der Waals surface area (Å²) in [6.07, 6.45) is 5.80. The molecular weight excluding hydrogens is 268 g/mol. The smallest absolute Gasteiger partial charge is 0.334 e. The van der Waals surface area contributed by atoms with Crippen molar-refractivity contribution in [2.24, 2.45) is 5.92 Å². The molecule has 1 fully saturated rings. The fraction of sp³-hybridized carbons (Fsp3) is 0.529. The van der Waals surface area contributed by atoms with Crippen LogP contribution in [0.4, 0.5) is 0 Å². The summed E-state index contributed by atoms with van der Waals surface area (Å²) in [5.74, 6) is -1.05. The van der Waals surface area contributed by atoms with Gasteiger partial charge in [0.25, 0.3) is 0 Å². The van der Waals surface area contributed by atoms with Gasteiger partial charge in [0.15, 0.2) is 0 Å². The number of hydrogen-bond donors (Lipinski definition) is 0. The van der Waals surface area contributed by atoms with Crippen LogP contribution >= 0.6 is 0 Å². The van der Waals surface area contributed by atoms with E-state index in [4.69, 9.17) is 9.47 Å². The molecule has 0 aromatic carbocycles. The normalized spacial score (nSPS) is 34.9. The Morgan fingerprint density at radius 3 is 2.76 bits per heavy atom. The molecule has 1 saturated heterocycles. The van der Waals surface area contributed by atoms with Crippen LogP contribution in [0.15, 0.2) is 35.5 Å². The van der Waals surface area contributed by atoms with E-state index >= 15 is 0 Å². The van der Waals surface area contributed by atoms with Crippen LogP contribution in [0, 0.1) is 5.92 Å². The van der Waals surface area contributed by atoms with Crippen LogP contribution in [-0.2, 0) is 19.1 Å². The Labute approximate surface area is 125 Å². The lowest BCUT2D eigenvalue weighted by molar-refractivity contribution is -0.149. The molecule has 0 bridgehead atoms. The Morgan fingerprint density at radius 2 is 2.10 bits per heavy atom. The van der Waals surface area contributed by atoms with Crippen molar-refractivity contribution in [3.05, 3.63) is 35.5 Å². The van der Waals surface area contributed by atoms with Gasteiger partial charge in [-0.05, 0) is 32.8 Å². The Balaban J connectivity index is 2.39. The fourth-order valence-corrected chi connectivity index (χ4v) is 2.95. The maximum atomic E-state index is 11.9. The average molecular weight is 290 g/mol. The molecule has 1 heterocycles. The van der Waals surface area contributed by atoms with E-state index < -0.39 is 12.1 Å². The van der Waals surface area contributed by atoms with Gasteiger partial charge in [-0.25, -0.2) is 4.79 Å². The van der Waals surface area contributed by atoms with Crippen LogP contribution in [0.5, 0.6) is 0 Å². The van der Waals surface area contributed by atoms with E-state index in [-0.39, 0.29) is 18.0 Å². The number of carbonyl (C=O) groups excluding carboxylic acids is 2. The van der Waals surface area contributed by atoms with E-state index in [0.717, 1.165) is 18.4 Å². The van der Waals surface area contributed by atoms with Crippen LogP contribution in [-0.4, -0.2) is 24.1 Å². The monoisotopic (exact) mass is 290 g/mol. The highest BCUT2D eigenvalue weighted by Crippen LogP contribution is 2.36. The summed E-state index contributed by atoms with van der Waals surface area (Å²) in [6, 6.07) is 0. The third-order valence-corrected chi connectivity index (χ3v) is 3.98. The molecule has 0 amide bonds. The first-order valence-corrected chi connectivity index (χ1v) is 7.28. The van der Waals surface area contributed by atoms with E-state index in [0.29, 0.717) is 12.0 Å². The van der Waals surface area contributed by atoms with Crippen molar-refractivity contribution in [1.82, 2.24) is 0 Å². The van der Waals surface area contributed by atoms with Gasteiger partial charge in [-0.3, -0.25) is 4.79 Å².